The molecule has 1 aliphatic heterocycles. The molecule has 27 heavy (non-hydrogen) atoms. The summed E-state index contributed by atoms with van der Waals surface area (Å²) < 4.78 is 0. The Kier molecular flexibility index (Phi) is 5.58. The maximum Gasteiger partial charge on any atom is 0.295 e. The topological polar surface area (TPSA) is 73.7 Å². The molecule has 1 fully saturated rings. The fraction of sp³-hybridized carbons (Fsp3) is 0.250. The third-order valence-electron chi connectivity index (χ3n) is 4.39. The van der Waals surface area contributed by atoms with Crippen molar-refractivity contribution in [2.45, 2.75) is 6.04 Å². The molecular formula is C20H20ClN3O3. The number of benzene rings is 1. The van der Waals surface area contributed by atoms with Crippen LogP contribution in [0.25, 0.3) is 5.76 Å². The van der Waals surface area contributed by atoms with Crippen LogP contribution in [0, 0.1) is 0 Å². The lowest BCUT2D eigenvalue weighted by Crippen LogP contribution is -2.35. The summed E-state index contributed by atoms with van der Waals surface area (Å²) in [5, 5.41) is 11.3. The number of pyridine rings is 1. The van der Waals surface area contributed by atoms with Gasteiger partial charge in [0.15, 0.2) is 0 Å². The zero-order valence-electron chi connectivity index (χ0n) is 15.1. The second-order valence-electron chi connectivity index (χ2n) is 6.56. The Bertz CT molecular complexity index is 896. The molecule has 140 valence electrons. The standard InChI is InChI=1S/C20H20ClN3O3/c1-23(2)10-11-24-17(15-8-3-4-9-22-15)16(19(26)20(24)27)18(25)13-6-5-7-14(21)12-13/h3-9,12,17,25H,10-11H2,1-2H3/b18-16-. The van der Waals surface area contributed by atoms with Gasteiger partial charge in [-0.05, 0) is 38.4 Å². The predicted molar refractivity (Wildman–Crippen MR) is 103 cm³/mol. The SMILES string of the molecule is CN(C)CCN1C(=O)C(=O)/C(=C(\O)c2cccc(Cl)c2)C1c1ccccn1. The summed E-state index contributed by atoms with van der Waals surface area (Å²) >= 11 is 6.01. The van der Waals surface area contributed by atoms with Crippen LogP contribution < -0.4 is 0 Å². The lowest BCUT2D eigenvalue weighted by molar-refractivity contribution is -0.140. The van der Waals surface area contributed by atoms with Crippen molar-refractivity contribution < 1.29 is 14.7 Å². The van der Waals surface area contributed by atoms with Crippen LogP contribution in [-0.4, -0.2) is 58.8 Å². The molecule has 1 aliphatic rings. The molecule has 2 aromatic rings. The Morgan fingerprint density at radius 3 is 2.63 bits per heavy atom. The van der Waals surface area contributed by atoms with Gasteiger partial charge in [0, 0.05) is 29.9 Å². The molecule has 0 saturated carbocycles. The van der Waals surface area contributed by atoms with E-state index in [0.717, 1.165) is 0 Å². The van der Waals surface area contributed by atoms with Crippen LogP contribution in [0.15, 0.2) is 54.2 Å². The number of amides is 1. The number of likely N-dealkylation sites (tertiary alicyclic amines) is 1. The highest BCUT2D eigenvalue weighted by Gasteiger charge is 2.46. The van der Waals surface area contributed by atoms with Gasteiger partial charge < -0.3 is 14.9 Å². The number of rotatable bonds is 5. The number of hydrogen-bond donors (Lipinski definition) is 1. The number of halogens is 1. The molecule has 1 amide bonds. The minimum Gasteiger partial charge on any atom is -0.507 e. The van der Waals surface area contributed by atoms with E-state index in [4.69, 9.17) is 11.6 Å². The Balaban J connectivity index is 2.13. The van der Waals surface area contributed by atoms with Gasteiger partial charge in [-0.3, -0.25) is 14.6 Å². The van der Waals surface area contributed by atoms with Gasteiger partial charge >= 0.3 is 0 Å². The number of Topliss-reactive ketones (excluding diaryl/α,β-unsaturated/α-hetero) is 1. The summed E-state index contributed by atoms with van der Waals surface area (Å²) in [5.74, 6) is -1.61. The number of nitrogens with zero attached hydrogens (tertiary/aromatic N) is 3. The summed E-state index contributed by atoms with van der Waals surface area (Å²) in [6, 6.07) is 11.1. The molecule has 1 aromatic heterocycles. The van der Waals surface area contributed by atoms with E-state index in [2.05, 4.69) is 4.98 Å². The lowest BCUT2D eigenvalue weighted by atomic mass is 9.98. The Morgan fingerprint density at radius 1 is 1.22 bits per heavy atom. The number of carbonyl (C=O) groups is 2. The third kappa shape index (κ3) is 3.86. The van der Waals surface area contributed by atoms with E-state index in [1.165, 1.54) is 4.90 Å². The molecular weight excluding hydrogens is 366 g/mol. The highest BCUT2D eigenvalue weighted by Crippen LogP contribution is 2.38. The van der Waals surface area contributed by atoms with Crippen LogP contribution in [0.5, 0.6) is 0 Å². The van der Waals surface area contributed by atoms with Gasteiger partial charge in [-0.15, -0.1) is 0 Å². The highest BCUT2D eigenvalue weighted by molar-refractivity contribution is 6.46. The molecule has 0 spiro atoms. The first-order chi connectivity index (χ1) is 12.9. The number of aliphatic hydroxyl groups is 1. The van der Waals surface area contributed by atoms with Gasteiger partial charge in [-0.1, -0.05) is 29.8 Å². The van der Waals surface area contributed by atoms with Crippen molar-refractivity contribution in [3.8, 4) is 0 Å². The second-order valence-corrected chi connectivity index (χ2v) is 7.00. The monoisotopic (exact) mass is 385 g/mol. The number of likely N-dealkylation sites (N-methyl/N-ethyl adjacent to an activating group) is 1. The number of carbonyl (C=O) groups excluding carboxylic acids is 2. The van der Waals surface area contributed by atoms with Crippen molar-refractivity contribution in [3.05, 3.63) is 70.5 Å². The van der Waals surface area contributed by atoms with Crippen molar-refractivity contribution in [1.82, 2.24) is 14.8 Å². The van der Waals surface area contributed by atoms with E-state index < -0.39 is 17.7 Å². The average Bonchev–Trinajstić information content (AvgIpc) is 2.91. The minimum atomic E-state index is -0.745. The zero-order valence-corrected chi connectivity index (χ0v) is 15.8. The number of ketones is 1. The summed E-state index contributed by atoms with van der Waals surface area (Å²) in [5.41, 5.74) is 0.938. The largest absolute Gasteiger partial charge is 0.507 e. The van der Waals surface area contributed by atoms with E-state index >= 15 is 0 Å². The highest BCUT2D eigenvalue weighted by atomic mass is 35.5. The van der Waals surface area contributed by atoms with Crippen LogP contribution in [0.2, 0.25) is 5.02 Å². The number of hydrogen-bond acceptors (Lipinski definition) is 5. The van der Waals surface area contributed by atoms with Crippen LogP contribution in [0.1, 0.15) is 17.3 Å². The molecule has 0 radical (unpaired) electrons. The van der Waals surface area contributed by atoms with Crippen molar-refractivity contribution in [2.75, 3.05) is 27.2 Å². The summed E-state index contributed by atoms with van der Waals surface area (Å²) in [4.78, 5) is 33.1. The van der Waals surface area contributed by atoms with Crippen LogP contribution >= 0.6 is 11.6 Å². The fourth-order valence-electron chi connectivity index (χ4n) is 3.05. The van der Waals surface area contributed by atoms with Crippen LogP contribution in [0.3, 0.4) is 0 Å². The Hall–Kier alpha value is -2.70. The Labute approximate surface area is 162 Å². The first kappa shape index (κ1) is 19.1. The lowest BCUT2D eigenvalue weighted by Gasteiger charge is -2.25. The van der Waals surface area contributed by atoms with E-state index in [-0.39, 0.29) is 11.3 Å². The molecule has 1 unspecified atom stereocenters. The predicted octanol–water partition coefficient (Wildman–Crippen LogP) is 2.72. The quantitative estimate of drug-likeness (QED) is 0.486. The molecule has 3 rings (SSSR count). The molecule has 2 heterocycles. The first-order valence-electron chi connectivity index (χ1n) is 8.50. The molecule has 7 heteroatoms. The smallest absolute Gasteiger partial charge is 0.295 e. The Morgan fingerprint density at radius 2 is 2.00 bits per heavy atom. The summed E-state index contributed by atoms with van der Waals surface area (Å²) in [7, 11) is 3.77. The van der Waals surface area contributed by atoms with Crippen molar-refractivity contribution in [1.29, 1.82) is 0 Å². The van der Waals surface area contributed by atoms with E-state index in [1.807, 2.05) is 19.0 Å². The molecule has 6 nitrogen and oxygen atoms in total. The van der Waals surface area contributed by atoms with Crippen molar-refractivity contribution in [2.24, 2.45) is 0 Å². The van der Waals surface area contributed by atoms with E-state index in [0.29, 0.717) is 29.4 Å². The molecule has 1 atom stereocenters. The van der Waals surface area contributed by atoms with Gasteiger partial charge in [-0.2, -0.15) is 0 Å². The minimum absolute atomic E-state index is 0.0275. The van der Waals surface area contributed by atoms with E-state index in [1.54, 1.807) is 48.7 Å². The zero-order chi connectivity index (χ0) is 19.6. The number of aliphatic hydroxyl groups excluding tert-OH is 1. The molecule has 0 bridgehead atoms. The molecule has 0 aliphatic carbocycles. The van der Waals surface area contributed by atoms with Gasteiger partial charge in [0.25, 0.3) is 11.7 Å². The average molecular weight is 386 g/mol. The first-order valence-corrected chi connectivity index (χ1v) is 8.88. The maximum atomic E-state index is 12.8. The van der Waals surface area contributed by atoms with Gasteiger partial charge in [0.05, 0.1) is 11.3 Å². The third-order valence-corrected chi connectivity index (χ3v) is 4.63. The van der Waals surface area contributed by atoms with Crippen molar-refractivity contribution in [3.63, 3.8) is 0 Å². The van der Waals surface area contributed by atoms with Crippen LogP contribution in [0.4, 0.5) is 0 Å². The number of aromatic nitrogens is 1. The van der Waals surface area contributed by atoms with Gasteiger partial charge in [0.2, 0.25) is 0 Å². The summed E-state index contributed by atoms with van der Waals surface area (Å²) in [6.07, 6.45) is 1.60. The van der Waals surface area contributed by atoms with Crippen LogP contribution in [-0.2, 0) is 9.59 Å². The normalized spacial score (nSPS) is 19.1. The molecule has 1 aromatic carbocycles. The van der Waals surface area contributed by atoms with E-state index in [9.17, 15) is 14.7 Å². The van der Waals surface area contributed by atoms with Crippen molar-refractivity contribution >= 4 is 29.1 Å². The van der Waals surface area contributed by atoms with Gasteiger partial charge in [-0.25, -0.2) is 0 Å². The van der Waals surface area contributed by atoms with Gasteiger partial charge in [0.1, 0.15) is 11.8 Å². The maximum absolute atomic E-state index is 12.8. The molecule has 1 N–H and O–H groups in total. The fourth-order valence-corrected chi connectivity index (χ4v) is 3.25. The molecule has 1 saturated heterocycles. The summed E-state index contributed by atoms with van der Waals surface area (Å²) in [6.45, 7) is 0.915. The second kappa shape index (κ2) is 7.90.